The average Bonchev–Trinajstić information content (AvgIpc) is 3.22. The van der Waals surface area contributed by atoms with Gasteiger partial charge < -0.3 is 10.1 Å². The van der Waals surface area contributed by atoms with Gasteiger partial charge in [0.15, 0.2) is 0 Å². The summed E-state index contributed by atoms with van der Waals surface area (Å²) in [6, 6.07) is 8.24. The number of nitrogens with one attached hydrogen (secondary N) is 1. The van der Waals surface area contributed by atoms with Crippen molar-refractivity contribution in [1.29, 1.82) is 0 Å². The molecular weight excluding hydrogens is 316 g/mol. The number of carbonyl (C=O) groups excluding carboxylic acids is 1. The van der Waals surface area contributed by atoms with Crippen molar-refractivity contribution in [3.8, 4) is 0 Å². The van der Waals surface area contributed by atoms with Crippen LogP contribution in [0.4, 0.5) is 0 Å². The van der Waals surface area contributed by atoms with Crippen LogP contribution in [0.15, 0.2) is 35.0 Å². The van der Waals surface area contributed by atoms with Crippen LogP contribution in [-0.4, -0.2) is 43.2 Å². The van der Waals surface area contributed by atoms with Crippen molar-refractivity contribution in [3.63, 3.8) is 0 Å². The van der Waals surface area contributed by atoms with E-state index in [9.17, 15) is 4.79 Å². The fraction of sp³-hybridized carbons (Fsp3) is 0.438. The van der Waals surface area contributed by atoms with E-state index in [0.29, 0.717) is 0 Å². The number of morpholine rings is 1. The molecule has 3 rings (SSSR count). The fourth-order valence-electron chi connectivity index (χ4n) is 2.82. The molecule has 1 saturated heterocycles. The Morgan fingerprint density at radius 1 is 1.23 bits per heavy atom. The molecule has 0 aliphatic carbocycles. The maximum absolute atomic E-state index is 12.3. The summed E-state index contributed by atoms with van der Waals surface area (Å²) in [4.78, 5) is 16.8. The first-order valence-electron chi connectivity index (χ1n) is 7.45. The number of amides is 1. The quantitative estimate of drug-likeness (QED) is 0.913. The number of carbonyl (C=O) groups is 1. The van der Waals surface area contributed by atoms with Gasteiger partial charge in [-0.05, 0) is 29.8 Å². The van der Waals surface area contributed by atoms with Gasteiger partial charge in [-0.2, -0.15) is 0 Å². The van der Waals surface area contributed by atoms with Gasteiger partial charge in [-0.3, -0.25) is 9.69 Å². The molecule has 4 nitrogen and oxygen atoms in total. The lowest BCUT2D eigenvalue weighted by molar-refractivity contribution is 0.00971. The molecule has 1 aliphatic heterocycles. The molecule has 0 aromatic carbocycles. The Labute approximate surface area is 138 Å². The van der Waals surface area contributed by atoms with Crippen LogP contribution in [0.1, 0.15) is 27.5 Å². The molecule has 0 unspecified atom stereocenters. The van der Waals surface area contributed by atoms with E-state index in [0.717, 1.165) is 31.2 Å². The minimum Gasteiger partial charge on any atom is -0.379 e. The second-order valence-electron chi connectivity index (χ2n) is 5.35. The van der Waals surface area contributed by atoms with Gasteiger partial charge in [0, 0.05) is 24.0 Å². The van der Waals surface area contributed by atoms with Crippen molar-refractivity contribution in [1.82, 2.24) is 10.2 Å². The molecule has 0 radical (unpaired) electrons. The maximum Gasteiger partial charge on any atom is 0.261 e. The molecule has 3 heterocycles. The first kappa shape index (κ1) is 15.7. The van der Waals surface area contributed by atoms with Crippen molar-refractivity contribution in [2.45, 2.75) is 19.0 Å². The average molecular weight is 336 g/mol. The summed E-state index contributed by atoms with van der Waals surface area (Å²) in [6.45, 7) is 5.41. The molecule has 2 aromatic rings. The van der Waals surface area contributed by atoms with E-state index in [1.54, 1.807) is 11.3 Å². The van der Waals surface area contributed by atoms with Crippen molar-refractivity contribution in [2.24, 2.45) is 0 Å². The molecule has 6 heteroatoms. The minimum atomic E-state index is 0.0114. The molecular formula is C16H20N2O2S2. The zero-order valence-corrected chi connectivity index (χ0v) is 14.2. The van der Waals surface area contributed by atoms with Crippen molar-refractivity contribution >= 4 is 28.6 Å². The van der Waals surface area contributed by atoms with Gasteiger partial charge in [-0.25, -0.2) is 0 Å². The van der Waals surface area contributed by atoms with E-state index >= 15 is 0 Å². The summed E-state index contributed by atoms with van der Waals surface area (Å²) >= 11 is 3.22. The molecule has 0 saturated carbocycles. The zero-order valence-electron chi connectivity index (χ0n) is 12.5. The predicted octanol–water partition coefficient (Wildman–Crippen LogP) is 3.00. The molecule has 2 atom stereocenters. The predicted molar refractivity (Wildman–Crippen MR) is 90.7 cm³/mol. The monoisotopic (exact) mass is 336 g/mol. The lowest BCUT2D eigenvalue weighted by Crippen LogP contribution is -2.48. The third kappa shape index (κ3) is 3.57. The van der Waals surface area contributed by atoms with Gasteiger partial charge in [0.2, 0.25) is 0 Å². The van der Waals surface area contributed by atoms with Crippen LogP contribution in [0, 0.1) is 0 Å². The first-order valence-corrected chi connectivity index (χ1v) is 9.21. The van der Waals surface area contributed by atoms with Crippen molar-refractivity contribution in [3.05, 3.63) is 44.8 Å². The number of ether oxygens (including phenoxy) is 1. The number of rotatable bonds is 5. The lowest BCUT2D eigenvalue weighted by Gasteiger charge is -2.37. The van der Waals surface area contributed by atoms with Gasteiger partial charge in [0.1, 0.15) is 0 Å². The summed E-state index contributed by atoms with van der Waals surface area (Å²) in [6.07, 6.45) is 0. The SMILES string of the molecule is C[C@H](NC(=O)c1cccs1)[C@H](c1cccs1)N1CCOCC1. The van der Waals surface area contributed by atoms with E-state index in [1.807, 2.05) is 17.5 Å². The number of thiophene rings is 2. The largest absolute Gasteiger partial charge is 0.379 e. The van der Waals surface area contributed by atoms with E-state index in [2.05, 4.69) is 34.7 Å². The Bertz CT molecular complexity index is 577. The van der Waals surface area contributed by atoms with E-state index < -0.39 is 0 Å². The van der Waals surface area contributed by atoms with Crippen LogP contribution in [0.3, 0.4) is 0 Å². The van der Waals surface area contributed by atoms with Crippen molar-refractivity contribution in [2.75, 3.05) is 26.3 Å². The van der Waals surface area contributed by atoms with Crippen molar-refractivity contribution < 1.29 is 9.53 Å². The number of hydrogen-bond donors (Lipinski definition) is 1. The first-order chi connectivity index (χ1) is 10.8. The molecule has 1 fully saturated rings. The third-order valence-electron chi connectivity index (χ3n) is 3.85. The summed E-state index contributed by atoms with van der Waals surface area (Å²) in [5.74, 6) is 0.0114. The molecule has 2 aromatic heterocycles. The van der Waals surface area contributed by atoms with Crippen LogP contribution in [0.5, 0.6) is 0 Å². The normalized spacial score (nSPS) is 18.8. The topological polar surface area (TPSA) is 41.6 Å². The fourth-order valence-corrected chi connectivity index (χ4v) is 4.41. The molecule has 0 bridgehead atoms. The van der Waals surface area contributed by atoms with E-state index in [-0.39, 0.29) is 18.0 Å². The summed E-state index contributed by atoms with van der Waals surface area (Å²) in [5, 5.41) is 7.19. The highest BCUT2D eigenvalue weighted by Crippen LogP contribution is 2.29. The Kier molecular flexibility index (Phi) is 5.25. The maximum atomic E-state index is 12.3. The second-order valence-corrected chi connectivity index (χ2v) is 7.28. The van der Waals surface area contributed by atoms with Gasteiger partial charge in [0.25, 0.3) is 5.91 Å². The van der Waals surface area contributed by atoms with Gasteiger partial charge >= 0.3 is 0 Å². The highest BCUT2D eigenvalue weighted by atomic mass is 32.1. The Balaban J connectivity index is 1.74. The van der Waals surface area contributed by atoms with E-state index in [4.69, 9.17) is 4.74 Å². The molecule has 1 aliphatic rings. The van der Waals surface area contributed by atoms with Gasteiger partial charge in [-0.1, -0.05) is 12.1 Å². The highest BCUT2D eigenvalue weighted by Gasteiger charge is 2.29. The van der Waals surface area contributed by atoms with Crippen LogP contribution in [-0.2, 0) is 4.74 Å². The number of nitrogens with zero attached hydrogens (tertiary/aromatic N) is 1. The summed E-state index contributed by atoms with van der Waals surface area (Å²) in [7, 11) is 0. The zero-order chi connectivity index (χ0) is 15.4. The molecule has 22 heavy (non-hydrogen) atoms. The van der Waals surface area contributed by atoms with Gasteiger partial charge in [-0.15, -0.1) is 22.7 Å². The van der Waals surface area contributed by atoms with Crippen LogP contribution in [0.25, 0.3) is 0 Å². The molecule has 118 valence electrons. The highest BCUT2D eigenvalue weighted by molar-refractivity contribution is 7.12. The van der Waals surface area contributed by atoms with E-state index in [1.165, 1.54) is 16.2 Å². The van der Waals surface area contributed by atoms with Crippen LogP contribution < -0.4 is 5.32 Å². The smallest absolute Gasteiger partial charge is 0.261 e. The number of hydrogen-bond acceptors (Lipinski definition) is 5. The Hall–Kier alpha value is -1.21. The molecule has 0 spiro atoms. The third-order valence-corrected chi connectivity index (χ3v) is 5.66. The molecule has 1 amide bonds. The van der Waals surface area contributed by atoms with Crippen LogP contribution >= 0.6 is 22.7 Å². The summed E-state index contributed by atoms with van der Waals surface area (Å²) < 4.78 is 5.46. The van der Waals surface area contributed by atoms with Crippen LogP contribution in [0.2, 0.25) is 0 Å². The molecule has 1 N–H and O–H groups in total. The second kappa shape index (κ2) is 7.37. The lowest BCUT2D eigenvalue weighted by atomic mass is 10.1. The summed E-state index contributed by atoms with van der Waals surface area (Å²) in [5.41, 5.74) is 0. The Morgan fingerprint density at radius 2 is 1.95 bits per heavy atom. The minimum absolute atomic E-state index is 0.0114. The Morgan fingerprint density at radius 3 is 2.59 bits per heavy atom. The standard InChI is InChI=1S/C16H20N2O2S2/c1-12(17-16(19)14-5-3-11-22-14)15(13-4-2-10-21-13)18-6-8-20-9-7-18/h2-5,10-12,15H,6-9H2,1H3,(H,17,19)/t12-,15+/m0/s1. The van der Waals surface area contributed by atoms with Gasteiger partial charge in [0.05, 0.1) is 24.1 Å².